The highest BCUT2D eigenvalue weighted by molar-refractivity contribution is 5.63. The quantitative estimate of drug-likeness (QED) is 0.608. The summed E-state index contributed by atoms with van der Waals surface area (Å²) in [5, 5.41) is 0. The van der Waals surface area contributed by atoms with Crippen LogP contribution in [0.3, 0.4) is 0 Å². The number of halogens is 1. The van der Waals surface area contributed by atoms with Gasteiger partial charge in [0, 0.05) is 0 Å². The first-order chi connectivity index (χ1) is 10.3. The highest BCUT2D eigenvalue weighted by Crippen LogP contribution is 2.20. The third-order valence-electron chi connectivity index (χ3n) is 3.65. The Morgan fingerprint density at radius 2 is 1.24 bits per heavy atom. The molecule has 0 atom stereocenters. The summed E-state index contributed by atoms with van der Waals surface area (Å²) in [5.74, 6) is -0.160. The summed E-state index contributed by atoms with van der Waals surface area (Å²) < 4.78 is 13.1. The fraction of sp³-hybridized carbons (Fsp3) is 0.100. The van der Waals surface area contributed by atoms with Gasteiger partial charge in [0.15, 0.2) is 0 Å². The predicted octanol–water partition coefficient (Wildman–Crippen LogP) is 5.28. The van der Waals surface area contributed by atoms with Crippen LogP contribution in [0.15, 0.2) is 78.9 Å². The molecule has 0 saturated carbocycles. The Hall–Kier alpha value is -2.41. The fourth-order valence-corrected chi connectivity index (χ4v) is 2.48. The van der Waals surface area contributed by atoms with E-state index in [0.717, 1.165) is 18.4 Å². The summed E-state index contributed by atoms with van der Waals surface area (Å²) in [5.41, 5.74) is 4.78. The average Bonchev–Trinajstić information content (AvgIpc) is 2.54. The molecule has 0 amide bonds. The Morgan fingerprint density at radius 1 is 0.571 bits per heavy atom. The summed E-state index contributed by atoms with van der Waals surface area (Å²) in [6.45, 7) is 0. The van der Waals surface area contributed by atoms with Crippen LogP contribution in [-0.4, -0.2) is 0 Å². The van der Waals surface area contributed by atoms with Gasteiger partial charge < -0.3 is 0 Å². The van der Waals surface area contributed by atoms with Crippen LogP contribution in [0.2, 0.25) is 0 Å². The van der Waals surface area contributed by atoms with Crippen LogP contribution in [0.5, 0.6) is 0 Å². The number of benzene rings is 3. The van der Waals surface area contributed by atoms with Crippen molar-refractivity contribution in [1.82, 2.24) is 0 Å². The minimum Gasteiger partial charge on any atom is -0.207 e. The van der Waals surface area contributed by atoms with Crippen LogP contribution in [0, 0.1) is 5.82 Å². The predicted molar refractivity (Wildman–Crippen MR) is 85.7 cm³/mol. The van der Waals surface area contributed by atoms with E-state index in [4.69, 9.17) is 0 Å². The Bertz CT molecular complexity index is 699. The second kappa shape index (κ2) is 6.36. The molecule has 0 saturated heterocycles. The van der Waals surface area contributed by atoms with E-state index in [0.29, 0.717) is 0 Å². The first kappa shape index (κ1) is 13.6. The van der Waals surface area contributed by atoms with Gasteiger partial charge in [-0.2, -0.15) is 0 Å². The number of aryl methyl sites for hydroxylation is 2. The number of hydrogen-bond acceptors (Lipinski definition) is 0. The molecule has 0 heterocycles. The zero-order valence-corrected chi connectivity index (χ0v) is 11.8. The Labute approximate surface area is 124 Å². The van der Waals surface area contributed by atoms with E-state index in [1.54, 1.807) is 12.1 Å². The van der Waals surface area contributed by atoms with Crippen molar-refractivity contribution >= 4 is 0 Å². The second-order valence-electron chi connectivity index (χ2n) is 5.19. The van der Waals surface area contributed by atoms with E-state index in [2.05, 4.69) is 36.4 Å². The van der Waals surface area contributed by atoms with Crippen molar-refractivity contribution in [2.75, 3.05) is 0 Å². The Balaban J connectivity index is 1.68. The van der Waals surface area contributed by atoms with Gasteiger partial charge in [-0.1, -0.05) is 66.7 Å². The fourth-order valence-electron chi connectivity index (χ4n) is 2.48. The van der Waals surface area contributed by atoms with E-state index in [-0.39, 0.29) is 5.82 Å². The highest BCUT2D eigenvalue weighted by atomic mass is 19.1. The van der Waals surface area contributed by atoms with Gasteiger partial charge in [0.1, 0.15) is 5.82 Å². The smallest absolute Gasteiger partial charge is 0.123 e. The first-order valence-electron chi connectivity index (χ1n) is 7.20. The lowest BCUT2D eigenvalue weighted by atomic mass is 10.0. The maximum absolute atomic E-state index is 13.1. The third-order valence-corrected chi connectivity index (χ3v) is 3.65. The molecule has 0 N–H and O–H groups in total. The van der Waals surface area contributed by atoms with Gasteiger partial charge in [0.05, 0.1) is 0 Å². The number of rotatable bonds is 4. The first-order valence-corrected chi connectivity index (χ1v) is 7.20. The van der Waals surface area contributed by atoms with Crippen LogP contribution in [0.1, 0.15) is 11.1 Å². The van der Waals surface area contributed by atoms with E-state index < -0.39 is 0 Å². The van der Waals surface area contributed by atoms with Crippen LogP contribution in [0.4, 0.5) is 4.39 Å². The maximum Gasteiger partial charge on any atom is 0.123 e. The molecule has 0 nitrogen and oxygen atoms in total. The van der Waals surface area contributed by atoms with Gasteiger partial charge in [-0.25, -0.2) is 4.39 Å². The number of hydrogen-bond donors (Lipinski definition) is 0. The van der Waals surface area contributed by atoms with Gasteiger partial charge in [0.2, 0.25) is 0 Å². The summed E-state index contributed by atoms with van der Waals surface area (Å²) in [6.07, 6.45) is 1.79. The summed E-state index contributed by atoms with van der Waals surface area (Å²) >= 11 is 0. The van der Waals surface area contributed by atoms with Crippen molar-refractivity contribution in [3.05, 3.63) is 95.8 Å². The zero-order chi connectivity index (χ0) is 14.5. The monoisotopic (exact) mass is 276 g/mol. The van der Waals surface area contributed by atoms with Crippen molar-refractivity contribution < 1.29 is 4.39 Å². The largest absolute Gasteiger partial charge is 0.207 e. The molecule has 0 aromatic heterocycles. The average molecular weight is 276 g/mol. The van der Waals surface area contributed by atoms with Gasteiger partial charge >= 0.3 is 0 Å². The maximum atomic E-state index is 13.1. The summed E-state index contributed by atoms with van der Waals surface area (Å²) in [7, 11) is 0. The standard InChI is InChI=1S/C20H17F/c21-20-8-4-5-17(15-20)10-9-16-11-13-19(14-12-16)18-6-2-1-3-7-18/h1-8,11-15H,9-10H2. The van der Waals surface area contributed by atoms with Crippen LogP contribution < -0.4 is 0 Å². The molecule has 0 fully saturated rings. The zero-order valence-electron chi connectivity index (χ0n) is 11.8. The topological polar surface area (TPSA) is 0 Å². The summed E-state index contributed by atoms with van der Waals surface area (Å²) in [4.78, 5) is 0. The van der Waals surface area contributed by atoms with Crippen LogP contribution >= 0.6 is 0 Å². The molecule has 21 heavy (non-hydrogen) atoms. The van der Waals surface area contributed by atoms with E-state index in [1.165, 1.54) is 22.8 Å². The summed E-state index contributed by atoms with van der Waals surface area (Å²) in [6, 6.07) is 25.8. The van der Waals surface area contributed by atoms with Crippen LogP contribution in [-0.2, 0) is 12.8 Å². The molecule has 1 heteroatoms. The van der Waals surface area contributed by atoms with Crippen LogP contribution in [0.25, 0.3) is 11.1 Å². The third kappa shape index (κ3) is 3.57. The lowest BCUT2D eigenvalue weighted by molar-refractivity contribution is 0.625. The Kier molecular flexibility index (Phi) is 4.11. The molecule has 3 aromatic carbocycles. The van der Waals surface area contributed by atoms with Crippen molar-refractivity contribution in [3.8, 4) is 11.1 Å². The molecular formula is C20H17F. The Morgan fingerprint density at radius 3 is 1.95 bits per heavy atom. The molecule has 0 spiro atoms. The SMILES string of the molecule is Fc1cccc(CCc2ccc(-c3ccccc3)cc2)c1. The molecule has 0 aliphatic rings. The normalized spacial score (nSPS) is 10.5. The van der Waals surface area contributed by atoms with Crippen molar-refractivity contribution in [2.45, 2.75) is 12.8 Å². The van der Waals surface area contributed by atoms with E-state index >= 15 is 0 Å². The van der Waals surface area contributed by atoms with E-state index in [1.807, 2.05) is 24.3 Å². The molecule has 0 unspecified atom stereocenters. The molecule has 0 radical (unpaired) electrons. The molecule has 3 aromatic rings. The highest BCUT2D eigenvalue weighted by Gasteiger charge is 2.00. The molecule has 3 rings (SSSR count). The van der Waals surface area contributed by atoms with Gasteiger partial charge in [0.25, 0.3) is 0 Å². The lowest BCUT2D eigenvalue weighted by Crippen LogP contribution is -1.92. The molecular weight excluding hydrogens is 259 g/mol. The minimum atomic E-state index is -0.160. The van der Waals surface area contributed by atoms with Gasteiger partial charge in [-0.05, 0) is 47.2 Å². The van der Waals surface area contributed by atoms with Gasteiger partial charge in [-0.15, -0.1) is 0 Å². The van der Waals surface area contributed by atoms with E-state index in [9.17, 15) is 4.39 Å². The minimum absolute atomic E-state index is 0.160. The molecule has 0 aliphatic carbocycles. The van der Waals surface area contributed by atoms with Crippen molar-refractivity contribution in [3.63, 3.8) is 0 Å². The lowest BCUT2D eigenvalue weighted by Gasteiger charge is -2.05. The van der Waals surface area contributed by atoms with Gasteiger partial charge in [-0.3, -0.25) is 0 Å². The molecule has 104 valence electrons. The van der Waals surface area contributed by atoms with Crippen molar-refractivity contribution in [1.29, 1.82) is 0 Å². The second-order valence-corrected chi connectivity index (χ2v) is 5.19. The molecule has 0 aliphatic heterocycles. The molecule has 0 bridgehead atoms. The van der Waals surface area contributed by atoms with Crippen molar-refractivity contribution in [2.24, 2.45) is 0 Å².